The van der Waals surface area contributed by atoms with E-state index in [0.29, 0.717) is 6.10 Å². The van der Waals surface area contributed by atoms with Gasteiger partial charge in [-0.3, -0.25) is 0 Å². The molecular weight excluding hydrogens is 186 g/mol. The molecule has 0 radical (unpaired) electrons. The van der Waals surface area contributed by atoms with Crippen LogP contribution >= 0.6 is 0 Å². The zero-order chi connectivity index (χ0) is 11.1. The molecule has 0 bridgehead atoms. The lowest BCUT2D eigenvalue weighted by Crippen LogP contribution is -2.33. The summed E-state index contributed by atoms with van der Waals surface area (Å²) in [6.45, 7) is 9.05. The molecule has 2 heteroatoms. The second-order valence-electron chi connectivity index (χ2n) is 5.22. The fourth-order valence-corrected chi connectivity index (χ4v) is 2.92. The van der Waals surface area contributed by atoms with Gasteiger partial charge in [-0.15, -0.1) is 0 Å². The van der Waals surface area contributed by atoms with Gasteiger partial charge >= 0.3 is 0 Å². The molecule has 1 fully saturated rings. The molecule has 1 spiro atoms. The Balaban J connectivity index is 2.21. The van der Waals surface area contributed by atoms with Gasteiger partial charge in [-0.25, -0.2) is 0 Å². The van der Waals surface area contributed by atoms with Gasteiger partial charge in [-0.1, -0.05) is 0 Å². The monoisotopic (exact) mass is 209 g/mol. The molecule has 86 valence electrons. The Morgan fingerprint density at radius 3 is 2.60 bits per heavy atom. The average molecular weight is 209 g/mol. The minimum absolute atomic E-state index is 0.0776. The fraction of sp³-hybridized carbons (Fsp3) is 0.846. The van der Waals surface area contributed by atoms with Gasteiger partial charge in [0.2, 0.25) is 0 Å². The van der Waals surface area contributed by atoms with E-state index in [1.807, 2.05) is 0 Å². The first-order chi connectivity index (χ1) is 7.05. The normalized spacial score (nSPS) is 38.8. The second kappa shape index (κ2) is 3.91. The minimum Gasteiger partial charge on any atom is -0.363 e. The smallest absolute Gasteiger partial charge is 0.0913 e. The van der Waals surface area contributed by atoms with Crippen molar-refractivity contribution < 1.29 is 4.74 Å². The molecule has 0 aromatic carbocycles. The maximum absolute atomic E-state index is 6.24. The van der Waals surface area contributed by atoms with Crippen molar-refractivity contribution in [3.8, 4) is 0 Å². The van der Waals surface area contributed by atoms with Gasteiger partial charge in [0.15, 0.2) is 0 Å². The first kappa shape index (κ1) is 11.2. The fourth-order valence-electron chi connectivity index (χ4n) is 2.92. The number of hydrogen-bond donors (Lipinski definition) is 0. The molecule has 1 saturated heterocycles. The first-order valence-electron chi connectivity index (χ1n) is 6.09. The number of likely N-dealkylation sites (tertiary alicyclic amines) is 1. The Morgan fingerprint density at radius 1 is 1.27 bits per heavy atom. The van der Waals surface area contributed by atoms with E-state index in [1.54, 1.807) is 0 Å². The average Bonchev–Trinajstić information content (AvgIpc) is 2.39. The predicted octanol–water partition coefficient (Wildman–Crippen LogP) is 2.60. The number of nitrogens with zero attached hydrogens (tertiary/aromatic N) is 1. The van der Waals surface area contributed by atoms with E-state index in [4.69, 9.17) is 4.74 Å². The SMILES string of the molecule is CC1=C(C)[C@@]2(CCCN(C)CC2)O[C@@H]1C. The molecule has 0 saturated carbocycles. The molecule has 2 aliphatic heterocycles. The molecule has 15 heavy (non-hydrogen) atoms. The van der Waals surface area contributed by atoms with Crippen LogP contribution < -0.4 is 0 Å². The van der Waals surface area contributed by atoms with Crippen LogP contribution in [0.3, 0.4) is 0 Å². The van der Waals surface area contributed by atoms with Crippen LogP contribution in [0.5, 0.6) is 0 Å². The van der Waals surface area contributed by atoms with Crippen LogP contribution in [0.2, 0.25) is 0 Å². The van der Waals surface area contributed by atoms with Gasteiger partial charge in [0.25, 0.3) is 0 Å². The molecule has 0 aliphatic carbocycles. The van der Waals surface area contributed by atoms with Crippen molar-refractivity contribution in [1.82, 2.24) is 4.90 Å². The van der Waals surface area contributed by atoms with E-state index in [-0.39, 0.29) is 5.60 Å². The third-order valence-corrected chi connectivity index (χ3v) is 4.30. The van der Waals surface area contributed by atoms with Crippen molar-refractivity contribution in [3.63, 3.8) is 0 Å². The quantitative estimate of drug-likeness (QED) is 0.569. The maximum Gasteiger partial charge on any atom is 0.0913 e. The highest BCUT2D eigenvalue weighted by Crippen LogP contribution is 2.42. The highest BCUT2D eigenvalue weighted by Gasteiger charge is 2.42. The standard InChI is InChI=1S/C13H23NO/c1-10-11(2)13(15-12(10)3)6-5-8-14(4)9-7-13/h12H,5-9H2,1-4H3/t12-,13+/m1/s1. The van der Waals surface area contributed by atoms with E-state index >= 15 is 0 Å². The lowest BCUT2D eigenvalue weighted by molar-refractivity contribution is -0.0329. The van der Waals surface area contributed by atoms with Gasteiger partial charge < -0.3 is 9.64 Å². The van der Waals surface area contributed by atoms with Gasteiger partial charge in [0.1, 0.15) is 0 Å². The van der Waals surface area contributed by atoms with E-state index < -0.39 is 0 Å². The summed E-state index contributed by atoms with van der Waals surface area (Å²) in [5, 5.41) is 0. The summed E-state index contributed by atoms with van der Waals surface area (Å²) < 4.78 is 6.24. The van der Waals surface area contributed by atoms with Gasteiger partial charge in [-0.05, 0) is 64.8 Å². The highest BCUT2D eigenvalue weighted by molar-refractivity contribution is 5.29. The molecule has 0 N–H and O–H groups in total. The second-order valence-corrected chi connectivity index (χ2v) is 5.22. The van der Waals surface area contributed by atoms with Gasteiger partial charge in [0, 0.05) is 6.54 Å². The predicted molar refractivity (Wildman–Crippen MR) is 63.0 cm³/mol. The topological polar surface area (TPSA) is 12.5 Å². The van der Waals surface area contributed by atoms with Crippen LogP contribution in [0.15, 0.2) is 11.1 Å². The van der Waals surface area contributed by atoms with Crippen molar-refractivity contribution in [1.29, 1.82) is 0 Å². The van der Waals surface area contributed by atoms with Gasteiger partial charge in [0.05, 0.1) is 11.7 Å². The van der Waals surface area contributed by atoms with Crippen molar-refractivity contribution in [2.75, 3.05) is 20.1 Å². The first-order valence-corrected chi connectivity index (χ1v) is 6.09. The van der Waals surface area contributed by atoms with E-state index in [2.05, 4.69) is 32.7 Å². The van der Waals surface area contributed by atoms with E-state index in [9.17, 15) is 0 Å². The molecule has 2 nitrogen and oxygen atoms in total. The lowest BCUT2D eigenvalue weighted by Gasteiger charge is -2.30. The van der Waals surface area contributed by atoms with Crippen molar-refractivity contribution >= 4 is 0 Å². The minimum atomic E-state index is 0.0776. The third kappa shape index (κ3) is 1.85. The molecular formula is C13H23NO. The molecule has 0 aromatic heterocycles. The Morgan fingerprint density at radius 2 is 2.00 bits per heavy atom. The van der Waals surface area contributed by atoms with Gasteiger partial charge in [-0.2, -0.15) is 0 Å². The van der Waals surface area contributed by atoms with Crippen LogP contribution in [0.1, 0.15) is 40.0 Å². The summed E-state index contributed by atoms with van der Waals surface area (Å²) in [4.78, 5) is 2.42. The zero-order valence-corrected chi connectivity index (χ0v) is 10.5. The Hall–Kier alpha value is -0.340. The highest BCUT2D eigenvalue weighted by atomic mass is 16.5. The number of hydrogen-bond acceptors (Lipinski definition) is 2. The molecule has 0 amide bonds. The zero-order valence-electron chi connectivity index (χ0n) is 10.5. The summed E-state index contributed by atoms with van der Waals surface area (Å²) in [7, 11) is 2.21. The summed E-state index contributed by atoms with van der Waals surface area (Å²) >= 11 is 0. The number of rotatable bonds is 0. The molecule has 2 atom stereocenters. The summed E-state index contributed by atoms with van der Waals surface area (Å²) in [5.74, 6) is 0. The Labute approximate surface area is 93.3 Å². The number of ether oxygens (including phenoxy) is 1. The summed E-state index contributed by atoms with van der Waals surface area (Å²) in [6, 6.07) is 0. The van der Waals surface area contributed by atoms with E-state index in [1.165, 1.54) is 30.5 Å². The van der Waals surface area contributed by atoms with Crippen LogP contribution in [-0.4, -0.2) is 36.7 Å². The van der Waals surface area contributed by atoms with Crippen molar-refractivity contribution in [2.45, 2.75) is 51.7 Å². The van der Waals surface area contributed by atoms with Crippen molar-refractivity contribution in [3.05, 3.63) is 11.1 Å². The van der Waals surface area contributed by atoms with Crippen LogP contribution in [-0.2, 0) is 4.74 Å². The molecule has 2 heterocycles. The lowest BCUT2D eigenvalue weighted by atomic mass is 9.86. The van der Waals surface area contributed by atoms with Crippen molar-refractivity contribution in [2.24, 2.45) is 0 Å². The maximum atomic E-state index is 6.24. The summed E-state index contributed by atoms with van der Waals surface area (Å²) in [5.41, 5.74) is 3.04. The molecule has 0 unspecified atom stereocenters. The van der Waals surface area contributed by atoms with Crippen LogP contribution in [0.4, 0.5) is 0 Å². The third-order valence-electron chi connectivity index (χ3n) is 4.30. The molecule has 2 aliphatic rings. The molecule has 0 aromatic rings. The Kier molecular flexibility index (Phi) is 2.91. The summed E-state index contributed by atoms with van der Waals surface area (Å²) in [6.07, 6.45) is 3.95. The van der Waals surface area contributed by atoms with Crippen LogP contribution in [0.25, 0.3) is 0 Å². The molecule has 2 rings (SSSR count). The Bertz CT molecular complexity index is 284. The van der Waals surface area contributed by atoms with Crippen LogP contribution in [0, 0.1) is 0 Å². The largest absolute Gasteiger partial charge is 0.363 e. The van der Waals surface area contributed by atoms with E-state index in [0.717, 1.165) is 13.0 Å².